The van der Waals surface area contributed by atoms with E-state index in [0.29, 0.717) is 17.1 Å². The standard InChI is InChI=1S/C18H16N2O2/c1-20-13-7-11-16(20)18(21)19-15-10-5-6-12-17(15)22-14-8-3-2-4-9-14/h2-13H,1H3,(H,19,21). The Morgan fingerprint density at radius 1 is 0.955 bits per heavy atom. The summed E-state index contributed by atoms with van der Waals surface area (Å²) in [6.45, 7) is 0. The van der Waals surface area contributed by atoms with E-state index in [-0.39, 0.29) is 5.91 Å². The van der Waals surface area contributed by atoms with Crippen molar-refractivity contribution in [1.82, 2.24) is 4.57 Å². The number of hydrogen-bond acceptors (Lipinski definition) is 2. The summed E-state index contributed by atoms with van der Waals surface area (Å²) in [6.07, 6.45) is 1.83. The highest BCUT2D eigenvalue weighted by Crippen LogP contribution is 2.29. The van der Waals surface area contributed by atoms with Crippen molar-refractivity contribution in [3.05, 3.63) is 78.6 Å². The minimum Gasteiger partial charge on any atom is -0.455 e. The topological polar surface area (TPSA) is 43.3 Å². The van der Waals surface area contributed by atoms with E-state index in [4.69, 9.17) is 4.74 Å². The van der Waals surface area contributed by atoms with Crippen LogP contribution in [0.4, 0.5) is 5.69 Å². The highest BCUT2D eigenvalue weighted by atomic mass is 16.5. The number of amides is 1. The van der Waals surface area contributed by atoms with E-state index in [1.54, 1.807) is 10.6 Å². The molecule has 0 unspecified atom stereocenters. The monoisotopic (exact) mass is 292 g/mol. The molecule has 0 spiro atoms. The average Bonchev–Trinajstić information content (AvgIpc) is 2.96. The van der Waals surface area contributed by atoms with Crippen LogP contribution >= 0.6 is 0 Å². The van der Waals surface area contributed by atoms with E-state index >= 15 is 0 Å². The molecule has 0 radical (unpaired) electrons. The third kappa shape index (κ3) is 3.01. The van der Waals surface area contributed by atoms with Crippen LogP contribution in [0.2, 0.25) is 0 Å². The third-order valence-corrected chi connectivity index (χ3v) is 3.28. The molecule has 0 aliphatic heterocycles. The molecule has 3 aromatic rings. The quantitative estimate of drug-likeness (QED) is 0.787. The first-order valence-corrected chi connectivity index (χ1v) is 6.98. The Labute approximate surface area is 129 Å². The molecule has 0 saturated carbocycles. The van der Waals surface area contributed by atoms with Crippen molar-refractivity contribution in [2.24, 2.45) is 7.05 Å². The van der Waals surface area contributed by atoms with E-state index < -0.39 is 0 Å². The summed E-state index contributed by atoms with van der Waals surface area (Å²) >= 11 is 0. The first-order chi connectivity index (χ1) is 10.7. The highest BCUT2D eigenvalue weighted by molar-refractivity contribution is 6.04. The van der Waals surface area contributed by atoms with Gasteiger partial charge in [-0.15, -0.1) is 0 Å². The lowest BCUT2D eigenvalue weighted by Gasteiger charge is -2.12. The molecule has 1 heterocycles. The second-order valence-corrected chi connectivity index (χ2v) is 4.87. The van der Waals surface area contributed by atoms with Gasteiger partial charge in [0.1, 0.15) is 11.4 Å². The first-order valence-electron chi connectivity index (χ1n) is 6.98. The lowest BCUT2D eigenvalue weighted by Crippen LogP contribution is -2.15. The van der Waals surface area contributed by atoms with E-state index in [1.165, 1.54) is 0 Å². The summed E-state index contributed by atoms with van der Waals surface area (Å²) in [5.41, 5.74) is 1.23. The van der Waals surface area contributed by atoms with Gasteiger partial charge in [0.25, 0.3) is 5.91 Å². The SMILES string of the molecule is Cn1cccc1C(=O)Nc1ccccc1Oc1ccccc1. The van der Waals surface area contributed by atoms with Crippen LogP contribution in [0.3, 0.4) is 0 Å². The maximum atomic E-state index is 12.3. The molecule has 0 atom stereocenters. The van der Waals surface area contributed by atoms with Crippen molar-refractivity contribution in [2.45, 2.75) is 0 Å². The largest absolute Gasteiger partial charge is 0.455 e. The van der Waals surface area contributed by atoms with Crippen LogP contribution in [0.5, 0.6) is 11.5 Å². The number of carbonyl (C=O) groups excluding carboxylic acids is 1. The third-order valence-electron chi connectivity index (χ3n) is 3.28. The van der Waals surface area contributed by atoms with Crippen molar-refractivity contribution < 1.29 is 9.53 Å². The molecule has 0 aliphatic carbocycles. The van der Waals surface area contributed by atoms with Crippen molar-refractivity contribution in [3.63, 3.8) is 0 Å². The normalized spacial score (nSPS) is 10.2. The van der Waals surface area contributed by atoms with Crippen LogP contribution < -0.4 is 10.1 Å². The van der Waals surface area contributed by atoms with Gasteiger partial charge in [0, 0.05) is 13.2 Å². The number of para-hydroxylation sites is 3. The van der Waals surface area contributed by atoms with Crippen molar-refractivity contribution in [3.8, 4) is 11.5 Å². The lowest BCUT2D eigenvalue weighted by molar-refractivity contribution is 0.101. The molecule has 1 aromatic heterocycles. The number of aromatic nitrogens is 1. The number of hydrogen-bond donors (Lipinski definition) is 1. The maximum Gasteiger partial charge on any atom is 0.272 e. The molecule has 1 amide bonds. The molecular formula is C18H16N2O2. The molecule has 4 nitrogen and oxygen atoms in total. The van der Waals surface area contributed by atoms with Gasteiger partial charge in [0.05, 0.1) is 5.69 Å². The molecule has 22 heavy (non-hydrogen) atoms. The summed E-state index contributed by atoms with van der Waals surface area (Å²) in [7, 11) is 1.83. The van der Waals surface area contributed by atoms with E-state index in [0.717, 1.165) is 5.75 Å². The highest BCUT2D eigenvalue weighted by Gasteiger charge is 2.12. The van der Waals surface area contributed by atoms with Gasteiger partial charge in [-0.2, -0.15) is 0 Å². The predicted octanol–water partition coefficient (Wildman–Crippen LogP) is 4.07. The lowest BCUT2D eigenvalue weighted by atomic mass is 10.2. The summed E-state index contributed by atoms with van der Waals surface area (Å²) in [6, 6.07) is 20.5. The maximum absolute atomic E-state index is 12.3. The Morgan fingerprint density at radius 3 is 2.41 bits per heavy atom. The minimum atomic E-state index is -0.170. The fourth-order valence-corrected chi connectivity index (χ4v) is 2.16. The number of nitrogens with one attached hydrogen (secondary N) is 1. The number of anilines is 1. The van der Waals surface area contributed by atoms with Gasteiger partial charge < -0.3 is 14.6 Å². The molecule has 0 fully saturated rings. The predicted molar refractivity (Wildman–Crippen MR) is 86.3 cm³/mol. The Balaban J connectivity index is 1.83. The zero-order chi connectivity index (χ0) is 15.4. The smallest absolute Gasteiger partial charge is 0.272 e. The molecular weight excluding hydrogens is 276 g/mol. The van der Waals surface area contributed by atoms with Crippen LogP contribution in [0.15, 0.2) is 72.9 Å². The molecule has 0 saturated heterocycles. The van der Waals surface area contributed by atoms with Crippen LogP contribution in [-0.2, 0) is 7.05 Å². The van der Waals surface area contributed by atoms with E-state index in [2.05, 4.69) is 5.32 Å². The van der Waals surface area contributed by atoms with Crippen molar-refractivity contribution >= 4 is 11.6 Å². The van der Waals surface area contributed by atoms with Gasteiger partial charge in [0.2, 0.25) is 0 Å². The summed E-state index contributed by atoms with van der Waals surface area (Å²) in [5, 5.41) is 2.89. The number of nitrogens with zero attached hydrogens (tertiary/aromatic N) is 1. The van der Waals surface area contributed by atoms with Gasteiger partial charge in [-0.3, -0.25) is 4.79 Å². The molecule has 0 bridgehead atoms. The van der Waals surface area contributed by atoms with Crippen LogP contribution in [0.1, 0.15) is 10.5 Å². The van der Waals surface area contributed by atoms with Crippen LogP contribution in [-0.4, -0.2) is 10.5 Å². The molecule has 1 N–H and O–H groups in total. The Hall–Kier alpha value is -3.01. The number of benzene rings is 2. The van der Waals surface area contributed by atoms with Gasteiger partial charge in [-0.25, -0.2) is 0 Å². The fraction of sp³-hybridized carbons (Fsp3) is 0.0556. The first kappa shape index (κ1) is 13.9. The van der Waals surface area contributed by atoms with Crippen molar-refractivity contribution in [2.75, 3.05) is 5.32 Å². The Kier molecular flexibility index (Phi) is 3.92. The van der Waals surface area contributed by atoms with Gasteiger partial charge in [0.15, 0.2) is 5.75 Å². The van der Waals surface area contributed by atoms with Gasteiger partial charge >= 0.3 is 0 Å². The second-order valence-electron chi connectivity index (χ2n) is 4.87. The Morgan fingerprint density at radius 2 is 1.68 bits per heavy atom. The minimum absolute atomic E-state index is 0.170. The molecule has 0 aliphatic rings. The summed E-state index contributed by atoms with van der Waals surface area (Å²) < 4.78 is 7.61. The summed E-state index contributed by atoms with van der Waals surface area (Å²) in [4.78, 5) is 12.3. The molecule has 2 aromatic carbocycles. The number of rotatable bonds is 4. The molecule has 4 heteroatoms. The molecule has 110 valence electrons. The van der Waals surface area contributed by atoms with Gasteiger partial charge in [-0.05, 0) is 36.4 Å². The zero-order valence-corrected chi connectivity index (χ0v) is 12.2. The fourth-order valence-electron chi connectivity index (χ4n) is 2.16. The Bertz CT molecular complexity index is 779. The van der Waals surface area contributed by atoms with Crippen LogP contribution in [0, 0.1) is 0 Å². The van der Waals surface area contributed by atoms with Gasteiger partial charge in [-0.1, -0.05) is 30.3 Å². The summed E-state index contributed by atoms with van der Waals surface area (Å²) in [5.74, 6) is 1.16. The van der Waals surface area contributed by atoms with E-state index in [9.17, 15) is 4.79 Å². The van der Waals surface area contributed by atoms with Crippen LogP contribution in [0.25, 0.3) is 0 Å². The number of ether oxygens (including phenoxy) is 1. The molecule has 3 rings (SSSR count). The second kappa shape index (κ2) is 6.18. The number of aryl methyl sites for hydroxylation is 1. The van der Waals surface area contributed by atoms with Crippen molar-refractivity contribution in [1.29, 1.82) is 0 Å². The average molecular weight is 292 g/mol. The van der Waals surface area contributed by atoms with E-state index in [1.807, 2.05) is 73.9 Å². The number of carbonyl (C=O) groups is 1. The zero-order valence-electron chi connectivity index (χ0n) is 12.2.